The largest absolute Gasteiger partial charge is 0.491 e. The number of aromatic nitrogens is 2. The lowest BCUT2D eigenvalue weighted by Gasteiger charge is -2.35. The Bertz CT molecular complexity index is 919. The van der Waals surface area contributed by atoms with Gasteiger partial charge in [-0.3, -0.25) is 14.4 Å². The van der Waals surface area contributed by atoms with Crippen molar-refractivity contribution >= 4 is 17.6 Å². The number of rotatable bonds is 5. The summed E-state index contributed by atoms with van der Waals surface area (Å²) in [5, 5.41) is 2.81. The molecular weight excluding hydrogens is 362 g/mol. The highest BCUT2D eigenvalue weighted by Crippen LogP contribution is 2.19. The molecular formula is C19H23N5O4. The molecule has 0 aliphatic carbocycles. The van der Waals surface area contributed by atoms with Crippen LogP contribution in [0.2, 0.25) is 0 Å². The van der Waals surface area contributed by atoms with Crippen LogP contribution in [0.3, 0.4) is 0 Å². The molecule has 0 aromatic carbocycles. The third-order valence-corrected chi connectivity index (χ3v) is 4.67. The van der Waals surface area contributed by atoms with Crippen LogP contribution in [0, 0.1) is 0 Å². The molecule has 2 aromatic rings. The maximum atomic E-state index is 12.4. The molecule has 1 aliphatic heterocycles. The Morgan fingerprint density at radius 3 is 2.68 bits per heavy atom. The van der Waals surface area contributed by atoms with Gasteiger partial charge >= 0.3 is 0 Å². The van der Waals surface area contributed by atoms with Crippen LogP contribution in [0.5, 0.6) is 5.75 Å². The number of nitrogens with zero attached hydrogens (tertiary/aromatic N) is 3. The van der Waals surface area contributed by atoms with Crippen molar-refractivity contribution in [2.24, 2.45) is 0 Å². The monoisotopic (exact) mass is 385 g/mol. The van der Waals surface area contributed by atoms with E-state index in [0.717, 1.165) is 11.4 Å². The zero-order valence-corrected chi connectivity index (χ0v) is 15.9. The second kappa shape index (κ2) is 8.55. The second-order valence-electron chi connectivity index (χ2n) is 6.44. The van der Waals surface area contributed by atoms with E-state index in [1.165, 1.54) is 19.4 Å². The maximum Gasteiger partial charge on any atom is 0.268 e. The summed E-state index contributed by atoms with van der Waals surface area (Å²) in [7, 11) is 1.39. The van der Waals surface area contributed by atoms with Gasteiger partial charge in [0.2, 0.25) is 11.3 Å². The van der Waals surface area contributed by atoms with Crippen molar-refractivity contribution < 1.29 is 14.3 Å². The average Bonchev–Trinajstić information content (AvgIpc) is 2.72. The van der Waals surface area contributed by atoms with Crippen LogP contribution in [0.4, 0.5) is 5.82 Å². The highest BCUT2D eigenvalue weighted by Gasteiger charge is 2.21. The Balaban J connectivity index is 1.67. The molecule has 0 atom stereocenters. The van der Waals surface area contributed by atoms with Crippen molar-refractivity contribution in [3.05, 3.63) is 52.1 Å². The molecule has 1 fully saturated rings. The van der Waals surface area contributed by atoms with Crippen molar-refractivity contribution in [3.8, 4) is 5.75 Å². The predicted octanol–water partition coefficient (Wildman–Crippen LogP) is 0.377. The van der Waals surface area contributed by atoms with Gasteiger partial charge < -0.3 is 24.8 Å². The first-order chi connectivity index (χ1) is 13.5. The minimum atomic E-state index is -0.393. The number of aromatic amines is 1. The standard InChI is InChI=1S/C19H23N5O4/c1-13(25)23-6-8-24(9-7-23)18-14(4-3-5-20-18)11-22-19(27)15-10-16(26)17(28-2)12-21-15/h3-5,10,12H,6-9,11H2,1-2H3,(H,21,26)(H,22,27). The Hall–Kier alpha value is -3.36. The molecule has 0 saturated carbocycles. The molecule has 1 saturated heterocycles. The van der Waals surface area contributed by atoms with Gasteiger partial charge in [-0.05, 0) is 6.07 Å². The quantitative estimate of drug-likeness (QED) is 0.770. The van der Waals surface area contributed by atoms with Gasteiger partial charge in [0.25, 0.3) is 5.91 Å². The molecule has 148 valence electrons. The van der Waals surface area contributed by atoms with Crippen molar-refractivity contribution in [2.45, 2.75) is 13.5 Å². The van der Waals surface area contributed by atoms with E-state index >= 15 is 0 Å². The van der Waals surface area contributed by atoms with Gasteiger partial charge in [-0.25, -0.2) is 4.98 Å². The smallest absolute Gasteiger partial charge is 0.268 e. The average molecular weight is 385 g/mol. The van der Waals surface area contributed by atoms with Crippen LogP contribution >= 0.6 is 0 Å². The van der Waals surface area contributed by atoms with Gasteiger partial charge in [0, 0.05) is 63.7 Å². The number of anilines is 1. The molecule has 2 aromatic heterocycles. The maximum absolute atomic E-state index is 12.4. The van der Waals surface area contributed by atoms with E-state index in [2.05, 4.69) is 20.2 Å². The molecule has 2 amide bonds. The lowest BCUT2D eigenvalue weighted by atomic mass is 10.2. The third-order valence-electron chi connectivity index (χ3n) is 4.67. The molecule has 0 spiro atoms. The van der Waals surface area contributed by atoms with E-state index in [1.54, 1.807) is 18.0 Å². The van der Waals surface area contributed by atoms with Gasteiger partial charge in [0.1, 0.15) is 11.5 Å². The molecule has 3 rings (SSSR count). The molecule has 28 heavy (non-hydrogen) atoms. The normalized spacial score (nSPS) is 13.9. The van der Waals surface area contributed by atoms with Crippen LogP contribution in [0.1, 0.15) is 23.0 Å². The van der Waals surface area contributed by atoms with Crippen LogP contribution < -0.4 is 20.4 Å². The summed E-state index contributed by atoms with van der Waals surface area (Å²) in [6, 6.07) is 4.92. The zero-order valence-electron chi connectivity index (χ0n) is 15.9. The SMILES string of the molecule is COc1c[nH]c(C(=O)NCc2cccnc2N2CCN(C(C)=O)CC2)cc1=O. The summed E-state index contributed by atoms with van der Waals surface area (Å²) in [6.45, 7) is 4.49. The van der Waals surface area contributed by atoms with E-state index in [9.17, 15) is 14.4 Å². The topological polar surface area (TPSA) is 108 Å². The first kappa shape index (κ1) is 19.4. The predicted molar refractivity (Wildman–Crippen MR) is 103 cm³/mol. The summed E-state index contributed by atoms with van der Waals surface area (Å²) in [4.78, 5) is 46.8. The molecule has 0 radical (unpaired) electrons. The van der Waals surface area contributed by atoms with Gasteiger partial charge in [-0.1, -0.05) is 6.07 Å². The van der Waals surface area contributed by atoms with Crippen molar-refractivity contribution in [1.82, 2.24) is 20.2 Å². The van der Waals surface area contributed by atoms with Crippen LogP contribution in [0.15, 0.2) is 35.4 Å². The number of amides is 2. The molecule has 9 heteroatoms. The van der Waals surface area contributed by atoms with Gasteiger partial charge in [0.15, 0.2) is 5.75 Å². The summed E-state index contributed by atoms with van der Waals surface area (Å²) in [6.07, 6.45) is 3.07. The van der Waals surface area contributed by atoms with Crippen LogP contribution in [-0.2, 0) is 11.3 Å². The third kappa shape index (κ3) is 4.30. The minimum Gasteiger partial charge on any atom is -0.491 e. The lowest BCUT2D eigenvalue weighted by molar-refractivity contribution is -0.129. The number of carbonyl (C=O) groups is 2. The van der Waals surface area contributed by atoms with E-state index in [1.807, 2.05) is 12.1 Å². The number of methoxy groups -OCH3 is 1. The molecule has 0 bridgehead atoms. The summed E-state index contributed by atoms with van der Waals surface area (Å²) < 4.78 is 4.90. The van der Waals surface area contributed by atoms with E-state index in [-0.39, 0.29) is 29.3 Å². The second-order valence-corrected chi connectivity index (χ2v) is 6.44. The Kier molecular flexibility index (Phi) is 5.93. The van der Waals surface area contributed by atoms with Crippen LogP contribution in [-0.4, -0.2) is 60.0 Å². The van der Waals surface area contributed by atoms with Gasteiger partial charge in [0.05, 0.1) is 7.11 Å². The van der Waals surface area contributed by atoms with Crippen molar-refractivity contribution in [3.63, 3.8) is 0 Å². The number of pyridine rings is 2. The fourth-order valence-electron chi connectivity index (χ4n) is 3.11. The number of carbonyl (C=O) groups excluding carboxylic acids is 2. The fourth-order valence-corrected chi connectivity index (χ4v) is 3.11. The molecule has 2 N–H and O–H groups in total. The Morgan fingerprint density at radius 1 is 1.29 bits per heavy atom. The lowest BCUT2D eigenvalue weighted by Crippen LogP contribution is -2.48. The first-order valence-electron chi connectivity index (χ1n) is 8.99. The van der Waals surface area contributed by atoms with E-state index in [0.29, 0.717) is 26.2 Å². The molecule has 0 unspecified atom stereocenters. The van der Waals surface area contributed by atoms with E-state index < -0.39 is 5.91 Å². The number of piperazine rings is 1. The van der Waals surface area contributed by atoms with Gasteiger partial charge in [-0.15, -0.1) is 0 Å². The Labute approximate surface area is 162 Å². The first-order valence-corrected chi connectivity index (χ1v) is 8.99. The van der Waals surface area contributed by atoms with E-state index in [4.69, 9.17) is 4.74 Å². The fraction of sp³-hybridized carbons (Fsp3) is 0.368. The number of nitrogens with one attached hydrogen (secondary N) is 2. The van der Waals surface area contributed by atoms with Gasteiger partial charge in [-0.2, -0.15) is 0 Å². The molecule has 3 heterocycles. The molecule has 1 aliphatic rings. The number of ether oxygens (including phenoxy) is 1. The minimum absolute atomic E-state index is 0.0710. The van der Waals surface area contributed by atoms with Crippen molar-refractivity contribution in [2.75, 3.05) is 38.2 Å². The molecule has 9 nitrogen and oxygen atoms in total. The number of H-pyrrole nitrogens is 1. The zero-order chi connectivity index (χ0) is 20.1. The van der Waals surface area contributed by atoms with Crippen molar-refractivity contribution in [1.29, 1.82) is 0 Å². The number of hydrogen-bond donors (Lipinski definition) is 2. The summed E-state index contributed by atoms with van der Waals surface area (Å²) in [5.41, 5.74) is 0.658. The summed E-state index contributed by atoms with van der Waals surface area (Å²) >= 11 is 0. The summed E-state index contributed by atoms with van der Waals surface area (Å²) in [5.74, 6) is 0.614. The highest BCUT2D eigenvalue weighted by atomic mass is 16.5. The highest BCUT2D eigenvalue weighted by molar-refractivity contribution is 5.92. The van der Waals surface area contributed by atoms with Crippen LogP contribution in [0.25, 0.3) is 0 Å². The Morgan fingerprint density at radius 2 is 2.04 bits per heavy atom. The number of hydrogen-bond acceptors (Lipinski definition) is 6.